The summed E-state index contributed by atoms with van der Waals surface area (Å²) in [7, 11) is -1.33. The molecule has 0 atom stereocenters. The fraction of sp³-hybridized carbons (Fsp3) is 0.500. The minimum atomic E-state index is -3.17. The molecular weight excluding hydrogens is 376 g/mol. The molecule has 0 radical (unpaired) electrons. The monoisotopic (exact) mass is 402 g/mol. The average Bonchev–Trinajstić information content (AvgIpc) is 3.05. The topological polar surface area (TPSA) is 84.3 Å². The number of benzene rings is 1. The molecule has 7 nitrogen and oxygen atoms in total. The molecule has 1 saturated carbocycles. The van der Waals surface area contributed by atoms with Crippen LogP contribution in [0, 0.1) is 0 Å². The Morgan fingerprint density at radius 1 is 1.14 bits per heavy atom. The number of carbonyl (C=O) groups excluding carboxylic acids is 1. The number of aromatic nitrogens is 2. The molecule has 1 saturated heterocycles. The van der Waals surface area contributed by atoms with Crippen molar-refractivity contribution in [3.05, 3.63) is 36.5 Å². The van der Waals surface area contributed by atoms with Crippen LogP contribution in [0.1, 0.15) is 32.1 Å². The lowest BCUT2D eigenvalue weighted by molar-refractivity contribution is 0.193. The maximum atomic E-state index is 13.0. The highest BCUT2D eigenvalue weighted by atomic mass is 32.2. The predicted octanol–water partition coefficient (Wildman–Crippen LogP) is 3.05. The van der Waals surface area contributed by atoms with E-state index >= 15 is 0 Å². The normalized spacial score (nSPS) is 20.8. The predicted molar refractivity (Wildman–Crippen MR) is 109 cm³/mol. The van der Waals surface area contributed by atoms with E-state index in [0.29, 0.717) is 18.5 Å². The van der Waals surface area contributed by atoms with Gasteiger partial charge in [-0.2, -0.15) is 5.10 Å². The third kappa shape index (κ3) is 3.30. The second-order valence-corrected chi connectivity index (χ2v) is 10.3. The molecular formula is C20H26N4O3S. The zero-order chi connectivity index (χ0) is 19.8. The molecule has 0 bridgehead atoms. The van der Waals surface area contributed by atoms with Crippen LogP contribution in [0.15, 0.2) is 36.5 Å². The number of nitrogens with one attached hydrogen (secondary N) is 1. The number of rotatable bonds is 2. The molecule has 1 N–H and O–H groups in total. The van der Waals surface area contributed by atoms with Crippen LogP contribution in [0.2, 0.25) is 0 Å². The molecule has 1 aliphatic heterocycles. The van der Waals surface area contributed by atoms with Gasteiger partial charge >= 0.3 is 6.03 Å². The van der Waals surface area contributed by atoms with Gasteiger partial charge in [0.25, 0.3) is 0 Å². The summed E-state index contributed by atoms with van der Waals surface area (Å²) in [5.41, 5.74) is 2.42. The van der Waals surface area contributed by atoms with Gasteiger partial charge in [0.05, 0.1) is 28.1 Å². The molecule has 1 aromatic heterocycles. The van der Waals surface area contributed by atoms with E-state index in [-0.39, 0.29) is 24.9 Å². The van der Waals surface area contributed by atoms with Crippen LogP contribution >= 0.6 is 0 Å². The van der Waals surface area contributed by atoms with Crippen molar-refractivity contribution in [1.82, 2.24) is 14.7 Å². The quantitative estimate of drug-likeness (QED) is 0.837. The molecule has 2 aliphatic rings. The summed E-state index contributed by atoms with van der Waals surface area (Å²) in [6.07, 6.45) is 5.84. The molecule has 1 aliphatic carbocycles. The first-order valence-corrected chi connectivity index (χ1v) is 11.4. The zero-order valence-corrected chi connectivity index (χ0v) is 16.9. The summed E-state index contributed by atoms with van der Waals surface area (Å²) in [6, 6.07) is 9.50. The second-order valence-electron chi connectivity index (χ2n) is 7.81. The third-order valence-corrected chi connectivity index (χ3v) is 8.63. The molecule has 2 fully saturated rings. The van der Waals surface area contributed by atoms with Gasteiger partial charge in [-0.1, -0.05) is 49.6 Å². The van der Waals surface area contributed by atoms with Gasteiger partial charge in [-0.3, -0.25) is 4.68 Å². The van der Waals surface area contributed by atoms with E-state index < -0.39 is 14.6 Å². The summed E-state index contributed by atoms with van der Waals surface area (Å²) in [5, 5.41) is 7.24. The van der Waals surface area contributed by atoms with Crippen molar-refractivity contribution in [3.8, 4) is 11.3 Å². The minimum Gasteiger partial charge on any atom is -0.322 e. The number of sulfone groups is 1. The second kappa shape index (κ2) is 7.24. The molecule has 0 unspecified atom stereocenters. The van der Waals surface area contributed by atoms with Gasteiger partial charge in [0.15, 0.2) is 9.84 Å². The van der Waals surface area contributed by atoms with Crippen LogP contribution in [-0.2, 0) is 16.9 Å². The Balaban J connectivity index is 1.55. The van der Waals surface area contributed by atoms with E-state index in [2.05, 4.69) is 10.4 Å². The fourth-order valence-electron chi connectivity index (χ4n) is 4.47. The number of hydrogen-bond donors (Lipinski definition) is 1. The van der Waals surface area contributed by atoms with E-state index in [1.807, 2.05) is 37.4 Å². The van der Waals surface area contributed by atoms with Crippen molar-refractivity contribution in [2.45, 2.75) is 36.9 Å². The molecule has 1 spiro atoms. The summed E-state index contributed by atoms with van der Waals surface area (Å²) in [6.45, 7) is 0.513. The van der Waals surface area contributed by atoms with E-state index in [0.717, 1.165) is 30.5 Å². The van der Waals surface area contributed by atoms with Crippen molar-refractivity contribution >= 4 is 21.6 Å². The van der Waals surface area contributed by atoms with Gasteiger partial charge in [-0.05, 0) is 12.8 Å². The van der Waals surface area contributed by atoms with Crippen LogP contribution in [0.4, 0.5) is 10.5 Å². The first-order valence-electron chi connectivity index (χ1n) is 9.78. The van der Waals surface area contributed by atoms with E-state index in [9.17, 15) is 13.2 Å². The minimum absolute atomic E-state index is 0.0407. The summed E-state index contributed by atoms with van der Waals surface area (Å²) >= 11 is 0. The van der Waals surface area contributed by atoms with Gasteiger partial charge in [0.1, 0.15) is 0 Å². The summed E-state index contributed by atoms with van der Waals surface area (Å²) < 4.78 is 26.5. The number of carbonyl (C=O) groups is 1. The number of nitrogens with zero attached hydrogens (tertiary/aromatic N) is 3. The van der Waals surface area contributed by atoms with Gasteiger partial charge in [-0.25, -0.2) is 13.2 Å². The smallest absolute Gasteiger partial charge is 0.322 e. The molecule has 2 heterocycles. The Bertz CT molecular complexity index is 963. The molecule has 1 aromatic carbocycles. The lowest BCUT2D eigenvalue weighted by atomic mass is 9.87. The average molecular weight is 403 g/mol. The number of hydrogen-bond acceptors (Lipinski definition) is 4. The Labute approximate surface area is 165 Å². The highest BCUT2D eigenvalue weighted by Gasteiger charge is 2.49. The lowest BCUT2D eigenvalue weighted by Gasteiger charge is -2.44. The largest absolute Gasteiger partial charge is 0.322 e. The van der Waals surface area contributed by atoms with Gasteiger partial charge in [0, 0.05) is 25.7 Å². The highest BCUT2D eigenvalue weighted by Crippen LogP contribution is 2.39. The van der Waals surface area contributed by atoms with Crippen LogP contribution in [0.5, 0.6) is 0 Å². The van der Waals surface area contributed by atoms with Gasteiger partial charge in [0.2, 0.25) is 0 Å². The lowest BCUT2D eigenvalue weighted by Crippen LogP contribution is -2.59. The zero-order valence-electron chi connectivity index (χ0n) is 16.1. The van der Waals surface area contributed by atoms with Crippen molar-refractivity contribution in [3.63, 3.8) is 0 Å². The first kappa shape index (κ1) is 19.0. The first-order chi connectivity index (χ1) is 13.4. The third-order valence-electron chi connectivity index (χ3n) is 6.05. The maximum Gasteiger partial charge on any atom is 0.322 e. The van der Waals surface area contributed by atoms with E-state index in [4.69, 9.17) is 0 Å². The maximum absolute atomic E-state index is 13.0. The Morgan fingerprint density at radius 2 is 1.86 bits per heavy atom. The molecule has 2 amide bonds. The van der Waals surface area contributed by atoms with Crippen LogP contribution in [0.3, 0.4) is 0 Å². The number of aryl methyl sites for hydroxylation is 1. The molecule has 2 aromatic rings. The number of amides is 2. The SMILES string of the molecule is Cn1ncc(NC(=O)N2CCS(=O)(=O)C3(CCCCC3)C2)c1-c1ccccc1. The van der Waals surface area contributed by atoms with Crippen molar-refractivity contribution < 1.29 is 13.2 Å². The van der Waals surface area contributed by atoms with E-state index in [1.165, 1.54) is 0 Å². The van der Waals surface area contributed by atoms with Crippen molar-refractivity contribution in [2.75, 3.05) is 24.2 Å². The Kier molecular flexibility index (Phi) is 4.91. The Hall–Kier alpha value is -2.35. The molecule has 4 rings (SSSR count). The molecule has 28 heavy (non-hydrogen) atoms. The number of urea groups is 1. The molecule has 150 valence electrons. The summed E-state index contributed by atoms with van der Waals surface area (Å²) in [5.74, 6) is 0.0407. The van der Waals surface area contributed by atoms with E-state index in [1.54, 1.807) is 15.8 Å². The van der Waals surface area contributed by atoms with Crippen molar-refractivity contribution in [2.24, 2.45) is 7.05 Å². The number of anilines is 1. The van der Waals surface area contributed by atoms with Crippen LogP contribution in [0.25, 0.3) is 11.3 Å². The van der Waals surface area contributed by atoms with Crippen LogP contribution in [-0.4, -0.2) is 52.7 Å². The van der Waals surface area contributed by atoms with Crippen molar-refractivity contribution in [1.29, 1.82) is 0 Å². The Morgan fingerprint density at radius 3 is 2.57 bits per heavy atom. The van der Waals surface area contributed by atoms with Crippen LogP contribution < -0.4 is 5.32 Å². The highest BCUT2D eigenvalue weighted by molar-refractivity contribution is 7.92. The summed E-state index contributed by atoms with van der Waals surface area (Å²) in [4.78, 5) is 14.6. The van der Waals surface area contributed by atoms with Gasteiger partial charge < -0.3 is 10.2 Å². The fourth-order valence-corrected chi connectivity index (χ4v) is 6.63. The van der Waals surface area contributed by atoms with Gasteiger partial charge in [-0.15, -0.1) is 0 Å². The molecule has 8 heteroatoms. The standard InChI is InChI=1S/C20H26N4O3S/c1-23-18(16-8-4-2-5-9-16)17(14-21-23)22-19(25)24-12-13-28(26,27)20(15-24)10-6-3-7-11-20/h2,4-5,8-9,14H,3,6-7,10-13,15H2,1H3,(H,22,25).